The molecule has 27 heavy (non-hydrogen) atoms. The van der Waals surface area contributed by atoms with Crippen molar-refractivity contribution >= 4 is 10.0 Å². The average Bonchev–Trinajstić information content (AvgIpc) is 3.20. The normalized spacial score (nSPS) is 11.4. The maximum Gasteiger partial charge on any atom is 0.244 e. The van der Waals surface area contributed by atoms with Crippen molar-refractivity contribution in [2.45, 2.75) is 11.4 Å². The van der Waals surface area contributed by atoms with Crippen molar-refractivity contribution in [1.82, 2.24) is 14.3 Å². The van der Waals surface area contributed by atoms with Crippen LogP contribution in [-0.2, 0) is 16.6 Å². The number of hydrogen-bond donors (Lipinski definition) is 1. The lowest BCUT2D eigenvalue weighted by atomic mass is 10.2. The van der Waals surface area contributed by atoms with Crippen LogP contribution in [0.5, 0.6) is 11.5 Å². The van der Waals surface area contributed by atoms with Gasteiger partial charge < -0.3 is 14.0 Å². The molecule has 0 unspecified atom stereocenters. The Morgan fingerprint density at radius 3 is 2.59 bits per heavy atom. The van der Waals surface area contributed by atoms with Gasteiger partial charge in [-0.05, 0) is 29.8 Å². The largest absolute Gasteiger partial charge is 0.497 e. The quantitative estimate of drug-likeness (QED) is 0.669. The zero-order valence-electron chi connectivity index (χ0n) is 14.7. The monoisotopic (exact) mass is 391 g/mol. The van der Waals surface area contributed by atoms with Crippen molar-refractivity contribution in [2.75, 3.05) is 14.2 Å². The molecule has 0 radical (unpaired) electrons. The Balaban J connectivity index is 1.81. The number of aromatic nitrogens is 2. The molecule has 0 aliphatic carbocycles. The number of halogens is 1. The molecule has 0 amide bonds. The molecule has 0 bridgehead atoms. The summed E-state index contributed by atoms with van der Waals surface area (Å²) < 4.78 is 53.8. The van der Waals surface area contributed by atoms with Gasteiger partial charge in [0.2, 0.25) is 10.0 Å². The molecule has 3 rings (SSSR count). The fourth-order valence-electron chi connectivity index (χ4n) is 2.52. The van der Waals surface area contributed by atoms with Gasteiger partial charge in [0.15, 0.2) is 0 Å². The molecule has 1 N–H and O–H groups in total. The summed E-state index contributed by atoms with van der Waals surface area (Å²) in [5, 5.41) is 0. The molecule has 0 aliphatic rings. The molecule has 1 aromatic heterocycles. The summed E-state index contributed by atoms with van der Waals surface area (Å²) in [4.78, 5) is 3.82. The van der Waals surface area contributed by atoms with E-state index in [1.54, 1.807) is 30.6 Å². The van der Waals surface area contributed by atoms with Gasteiger partial charge in [-0.1, -0.05) is 6.07 Å². The van der Waals surface area contributed by atoms with Crippen molar-refractivity contribution in [2.24, 2.45) is 0 Å². The fraction of sp³-hybridized carbons (Fsp3) is 0.167. The molecule has 0 saturated heterocycles. The zero-order chi connectivity index (χ0) is 19.4. The van der Waals surface area contributed by atoms with Crippen molar-refractivity contribution in [3.63, 3.8) is 0 Å². The van der Waals surface area contributed by atoms with Crippen LogP contribution in [0, 0.1) is 5.82 Å². The van der Waals surface area contributed by atoms with Gasteiger partial charge in [0.05, 0.1) is 26.2 Å². The number of nitrogens with one attached hydrogen (secondary N) is 1. The Bertz CT molecular complexity index is 1040. The van der Waals surface area contributed by atoms with Crippen LogP contribution in [0.4, 0.5) is 4.39 Å². The van der Waals surface area contributed by atoms with Gasteiger partial charge in [-0.3, -0.25) is 0 Å². The van der Waals surface area contributed by atoms with E-state index in [1.807, 2.05) is 0 Å². The van der Waals surface area contributed by atoms with Gasteiger partial charge in [-0.15, -0.1) is 0 Å². The molecule has 0 spiro atoms. The minimum Gasteiger partial charge on any atom is -0.497 e. The van der Waals surface area contributed by atoms with Crippen LogP contribution in [0.3, 0.4) is 0 Å². The first-order valence-electron chi connectivity index (χ1n) is 7.93. The Kier molecular flexibility index (Phi) is 5.43. The van der Waals surface area contributed by atoms with Crippen molar-refractivity contribution in [3.05, 3.63) is 66.5 Å². The first kappa shape index (κ1) is 18.9. The summed E-state index contributed by atoms with van der Waals surface area (Å²) in [5.74, 6) is 0.0838. The SMILES string of the molecule is COc1ccc(OC)c(S(=O)(=O)NCc2ccc(-n3ccnc3)c(F)c2)c1. The fourth-order valence-corrected chi connectivity index (χ4v) is 3.72. The molecule has 142 valence electrons. The highest BCUT2D eigenvalue weighted by atomic mass is 32.2. The van der Waals surface area contributed by atoms with E-state index in [1.165, 1.54) is 43.3 Å². The molecule has 9 heteroatoms. The lowest BCUT2D eigenvalue weighted by Crippen LogP contribution is -2.24. The van der Waals surface area contributed by atoms with Crippen LogP contribution in [0.2, 0.25) is 0 Å². The van der Waals surface area contributed by atoms with Crippen LogP contribution >= 0.6 is 0 Å². The third-order valence-corrected chi connectivity index (χ3v) is 5.34. The molecule has 0 atom stereocenters. The minimum absolute atomic E-state index is 0.0557. The first-order chi connectivity index (χ1) is 12.9. The van der Waals surface area contributed by atoms with Crippen molar-refractivity contribution in [1.29, 1.82) is 0 Å². The molecule has 0 saturated carbocycles. The second-order valence-corrected chi connectivity index (χ2v) is 7.33. The van der Waals surface area contributed by atoms with Gasteiger partial charge in [0.25, 0.3) is 0 Å². The van der Waals surface area contributed by atoms with Gasteiger partial charge in [-0.2, -0.15) is 0 Å². The van der Waals surface area contributed by atoms with E-state index in [9.17, 15) is 12.8 Å². The number of sulfonamides is 1. The van der Waals surface area contributed by atoms with E-state index in [-0.39, 0.29) is 17.2 Å². The van der Waals surface area contributed by atoms with E-state index in [4.69, 9.17) is 9.47 Å². The first-order valence-corrected chi connectivity index (χ1v) is 9.41. The summed E-state index contributed by atoms with van der Waals surface area (Å²) >= 11 is 0. The summed E-state index contributed by atoms with van der Waals surface area (Å²) in [6.07, 6.45) is 4.65. The van der Waals surface area contributed by atoms with Gasteiger partial charge >= 0.3 is 0 Å². The summed E-state index contributed by atoms with van der Waals surface area (Å²) in [7, 11) is -1.07. The lowest BCUT2D eigenvalue weighted by molar-refractivity contribution is 0.392. The van der Waals surface area contributed by atoms with Gasteiger partial charge in [0, 0.05) is 25.0 Å². The second kappa shape index (κ2) is 7.77. The van der Waals surface area contributed by atoms with E-state index in [0.29, 0.717) is 17.0 Å². The van der Waals surface area contributed by atoms with Crippen LogP contribution < -0.4 is 14.2 Å². The number of imidazole rings is 1. The zero-order valence-corrected chi connectivity index (χ0v) is 15.5. The maximum atomic E-state index is 14.3. The molecule has 3 aromatic rings. The van der Waals surface area contributed by atoms with Gasteiger partial charge in [0.1, 0.15) is 22.2 Å². The average molecular weight is 391 g/mol. The number of hydrogen-bond acceptors (Lipinski definition) is 5. The Labute approximate surface area is 156 Å². The molecule has 0 aliphatic heterocycles. The third-order valence-electron chi connectivity index (χ3n) is 3.92. The van der Waals surface area contributed by atoms with Crippen LogP contribution in [0.15, 0.2) is 60.0 Å². The predicted molar refractivity (Wildman–Crippen MR) is 97.1 cm³/mol. The Morgan fingerprint density at radius 2 is 1.96 bits per heavy atom. The van der Waals surface area contributed by atoms with E-state index >= 15 is 0 Å². The smallest absolute Gasteiger partial charge is 0.244 e. The number of methoxy groups -OCH3 is 2. The van der Waals surface area contributed by atoms with E-state index in [0.717, 1.165) is 0 Å². The standard InChI is InChI=1S/C18H18FN3O4S/c1-25-14-4-6-17(26-2)18(10-14)27(23,24)21-11-13-3-5-16(15(19)9-13)22-8-7-20-12-22/h3-10,12,21H,11H2,1-2H3. The molecule has 1 heterocycles. The Morgan fingerprint density at radius 1 is 1.15 bits per heavy atom. The van der Waals surface area contributed by atoms with Gasteiger partial charge in [-0.25, -0.2) is 22.5 Å². The van der Waals surface area contributed by atoms with E-state index < -0.39 is 15.8 Å². The van der Waals surface area contributed by atoms with Crippen molar-refractivity contribution < 1.29 is 22.3 Å². The number of benzene rings is 2. The van der Waals surface area contributed by atoms with Crippen LogP contribution in [0.1, 0.15) is 5.56 Å². The number of ether oxygens (including phenoxy) is 2. The molecule has 2 aromatic carbocycles. The summed E-state index contributed by atoms with van der Waals surface area (Å²) in [5.41, 5.74) is 0.801. The summed E-state index contributed by atoms with van der Waals surface area (Å²) in [6, 6.07) is 8.95. The number of rotatable bonds is 7. The molecule has 0 fully saturated rings. The lowest BCUT2D eigenvalue weighted by Gasteiger charge is -2.12. The van der Waals surface area contributed by atoms with Crippen molar-refractivity contribution in [3.8, 4) is 17.2 Å². The third kappa shape index (κ3) is 4.09. The molecular weight excluding hydrogens is 373 g/mol. The molecular formula is C18H18FN3O4S. The number of nitrogens with zero attached hydrogens (tertiary/aromatic N) is 2. The minimum atomic E-state index is -3.89. The van der Waals surface area contributed by atoms with Crippen LogP contribution in [0.25, 0.3) is 5.69 Å². The molecule has 7 nitrogen and oxygen atoms in total. The highest BCUT2D eigenvalue weighted by Gasteiger charge is 2.20. The van der Waals surface area contributed by atoms with E-state index in [2.05, 4.69) is 9.71 Å². The summed E-state index contributed by atoms with van der Waals surface area (Å²) in [6.45, 7) is -0.0795. The highest BCUT2D eigenvalue weighted by Crippen LogP contribution is 2.28. The highest BCUT2D eigenvalue weighted by molar-refractivity contribution is 7.89. The maximum absolute atomic E-state index is 14.3. The predicted octanol–water partition coefficient (Wildman–Crippen LogP) is 2.51. The topological polar surface area (TPSA) is 82.5 Å². The van der Waals surface area contributed by atoms with Crippen LogP contribution in [-0.4, -0.2) is 32.2 Å². The second-order valence-electron chi connectivity index (χ2n) is 5.60. The Hall–Kier alpha value is -2.91.